The van der Waals surface area contributed by atoms with Gasteiger partial charge < -0.3 is 9.47 Å². The monoisotopic (exact) mass is 165 g/mol. The first kappa shape index (κ1) is 8.59. The van der Waals surface area contributed by atoms with Crippen LogP contribution in [-0.4, -0.2) is 19.7 Å². The van der Waals surface area contributed by atoms with Crippen molar-refractivity contribution in [2.45, 2.75) is 0 Å². The predicted octanol–water partition coefficient (Wildman–Crippen LogP) is 1.04. The van der Waals surface area contributed by atoms with E-state index < -0.39 is 5.97 Å². The standard InChI is InChI=1S/C9H9O3/c1-11-9(10)7-12-8-5-3-2-4-6-8/h2-5H,7H2,1H3. The van der Waals surface area contributed by atoms with Crippen molar-refractivity contribution < 1.29 is 14.3 Å². The Labute approximate surface area is 70.9 Å². The average Bonchev–Trinajstić information content (AvgIpc) is 2.16. The summed E-state index contributed by atoms with van der Waals surface area (Å²) in [4.78, 5) is 10.6. The Morgan fingerprint density at radius 2 is 2.42 bits per heavy atom. The third-order valence-electron chi connectivity index (χ3n) is 1.25. The van der Waals surface area contributed by atoms with Crippen LogP contribution in [0.25, 0.3) is 0 Å². The SMILES string of the molecule is COC(=O)COc1[c]cccc1. The van der Waals surface area contributed by atoms with Crippen LogP contribution in [0.15, 0.2) is 24.3 Å². The van der Waals surface area contributed by atoms with E-state index in [0.717, 1.165) is 0 Å². The summed E-state index contributed by atoms with van der Waals surface area (Å²) in [6, 6.07) is 9.89. The molecule has 0 amide bonds. The van der Waals surface area contributed by atoms with Crippen molar-refractivity contribution in [3.05, 3.63) is 30.3 Å². The molecule has 0 aliphatic carbocycles. The van der Waals surface area contributed by atoms with Gasteiger partial charge in [-0.05, 0) is 6.07 Å². The van der Waals surface area contributed by atoms with Crippen molar-refractivity contribution in [1.82, 2.24) is 0 Å². The minimum absolute atomic E-state index is 0.0724. The molecule has 0 spiro atoms. The molecule has 0 aromatic heterocycles. The number of para-hydroxylation sites is 1. The maximum absolute atomic E-state index is 10.6. The van der Waals surface area contributed by atoms with Gasteiger partial charge in [0, 0.05) is 6.07 Å². The second kappa shape index (κ2) is 4.38. The second-order valence-corrected chi connectivity index (χ2v) is 2.09. The van der Waals surface area contributed by atoms with Crippen molar-refractivity contribution in [2.24, 2.45) is 0 Å². The number of methoxy groups -OCH3 is 1. The van der Waals surface area contributed by atoms with Crippen LogP contribution in [0, 0.1) is 6.07 Å². The third-order valence-corrected chi connectivity index (χ3v) is 1.25. The number of hydrogen-bond donors (Lipinski definition) is 0. The fourth-order valence-corrected chi connectivity index (χ4v) is 0.662. The van der Waals surface area contributed by atoms with E-state index >= 15 is 0 Å². The minimum Gasteiger partial charge on any atom is -0.481 e. The number of carbonyl (C=O) groups is 1. The van der Waals surface area contributed by atoms with Crippen molar-refractivity contribution in [2.75, 3.05) is 13.7 Å². The Kier molecular flexibility index (Phi) is 3.14. The molecule has 0 atom stereocenters. The van der Waals surface area contributed by atoms with Gasteiger partial charge in [-0.1, -0.05) is 18.2 Å². The third kappa shape index (κ3) is 2.62. The largest absolute Gasteiger partial charge is 0.481 e. The van der Waals surface area contributed by atoms with Crippen LogP contribution in [0.1, 0.15) is 0 Å². The quantitative estimate of drug-likeness (QED) is 0.628. The molecule has 0 unspecified atom stereocenters. The molecule has 0 N–H and O–H groups in total. The van der Waals surface area contributed by atoms with E-state index in [1.54, 1.807) is 12.1 Å². The number of benzene rings is 1. The van der Waals surface area contributed by atoms with Gasteiger partial charge in [0.1, 0.15) is 5.75 Å². The van der Waals surface area contributed by atoms with Crippen molar-refractivity contribution in [3.8, 4) is 5.75 Å². The Morgan fingerprint density at radius 1 is 1.58 bits per heavy atom. The van der Waals surface area contributed by atoms with Crippen LogP contribution >= 0.6 is 0 Å². The highest BCUT2D eigenvalue weighted by Crippen LogP contribution is 2.06. The number of hydrogen-bond acceptors (Lipinski definition) is 3. The maximum atomic E-state index is 10.6. The van der Waals surface area contributed by atoms with Gasteiger partial charge in [-0.25, -0.2) is 4.79 Å². The molecule has 0 heterocycles. The predicted molar refractivity (Wildman–Crippen MR) is 42.8 cm³/mol. The zero-order valence-electron chi connectivity index (χ0n) is 6.74. The van der Waals surface area contributed by atoms with Gasteiger partial charge in [0.25, 0.3) is 0 Å². The Bertz CT molecular complexity index is 243. The lowest BCUT2D eigenvalue weighted by Crippen LogP contribution is -2.12. The number of esters is 1. The highest BCUT2D eigenvalue weighted by Gasteiger charge is 1.99. The fraction of sp³-hybridized carbons (Fsp3) is 0.222. The maximum Gasteiger partial charge on any atom is 0.343 e. The molecule has 0 aliphatic heterocycles. The summed E-state index contributed by atoms with van der Waals surface area (Å²) in [6.45, 7) is -0.0724. The van der Waals surface area contributed by atoms with Gasteiger partial charge in [0.15, 0.2) is 6.61 Å². The van der Waals surface area contributed by atoms with E-state index in [1.807, 2.05) is 12.1 Å². The Balaban J connectivity index is 2.38. The summed E-state index contributed by atoms with van der Waals surface area (Å²) in [5.74, 6) is 0.148. The number of carbonyl (C=O) groups excluding carboxylic acids is 1. The fourth-order valence-electron chi connectivity index (χ4n) is 0.662. The lowest BCUT2D eigenvalue weighted by Gasteiger charge is -2.02. The van der Waals surface area contributed by atoms with Crippen LogP contribution in [0.3, 0.4) is 0 Å². The second-order valence-electron chi connectivity index (χ2n) is 2.09. The summed E-state index contributed by atoms with van der Waals surface area (Å²) in [5.41, 5.74) is 0. The van der Waals surface area contributed by atoms with Crippen LogP contribution < -0.4 is 4.74 Å². The van der Waals surface area contributed by atoms with Gasteiger partial charge in [0.2, 0.25) is 0 Å². The summed E-state index contributed by atoms with van der Waals surface area (Å²) in [5, 5.41) is 0. The molecule has 3 heteroatoms. The Morgan fingerprint density at radius 3 is 3.00 bits per heavy atom. The van der Waals surface area contributed by atoms with E-state index in [-0.39, 0.29) is 6.61 Å². The molecule has 63 valence electrons. The molecule has 1 rings (SSSR count). The summed E-state index contributed by atoms with van der Waals surface area (Å²) < 4.78 is 9.42. The van der Waals surface area contributed by atoms with E-state index in [0.29, 0.717) is 5.75 Å². The first-order chi connectivity index (χ1) is 5.83. The van der Waals surface area contributed by atoms with E-state index in [2.05, 4.69) is 10.8 Å². The van der Waals surface area contributed by atoms with Crippen LogP contribution in [0.5, 0.6) is 5.75 Å². The minimum atomic E-state index is -0.396. The molecule has 0 bridgehead atoms. The summed E-state index contributed by atoms with van der Waals surface area (Å²) in [7, 11) is 1.32. The van der Waals surface area contributed by atoms with E-state index in [1.165, 1.54) is 7.11 Å². The zero-order valence-corrected chi connectivity index (χ0v) is 6.74. The van der Waals surface area contributed by atoms with Crippen LogP contribution in [0.4, 0.5) is 0 Å². The number of rotatable bonds is 3. The molecule has 12 heavy (non-hydrogen) atoms. The lowest BCUT2D eigenvalue weighted by atomic mass is 10.3. The van der Waals surface area contributed by atoms with E-state index in [9.17, 15) is 4.79 Å². The van der Waals surface area contributed by atoms with Crippen molar-refractivity contribution >= 4 is 5.97 Å². The smallest absolute Gasteiger partial charge is 0.343 e. The normalized spacial score (nSPS) is 9.08. The molecule has 0 fully saturated rings. The molecular formula is C9H9O3. The van der Waals surface area contributed by atoms with Crippen molar-refractivity contribution in [3.63, 3.8) is 0 Å². The molecule has 0 saturated heterocycles. The lowest BCUT2D eigenvalue weighted by molar-refractivity contribution is -0.142. The van der Waals surface area contributed by atoms with Crippen LogP contribution in [0.2, 0.25) is 0 Å². The average molecular weight is 165 g/mol. The topological polar surface area (TPSA) is 35.5 Å². The molecule has 0 saturated carbocycles. The van der Waals surface area contributed by atoms with Gasteiger partial charge in [-0.15, -0.1) is 0 Å². The van der Waals surface area contributed by atoms with Gasteiger partial charge >= 0.3 is 5.97 Å². The molecule has 1 aromatic rings. The zero-order chi connectivity index (χ0) is 8.81. The molecule has 1 aromatic carbocycles. The summed E-state index contributed by atoms with van der Waals surface area (Å²) >= 11 is 0. The van der Waals surface area contributed by atoms with Crippen LogP contribution in [-0.2, 0) is 9.53 Å². The first-order valence-corrected chi connectivity index (χ1v) is 3.49. The van der Waals surface area contributed by atoms with E-state index in [4.69, 9.17) is 4.74 Å². The number of ether oxygens (including phenoxy) is 2. The molecule has 1 radical (unpaired) electrons. The van der Waals surface area contributed by atoms with Gasteiger partial charge in [-0.2, -0.15) is 0 Å². The highest BCUT2D eigenvalue weighted by atomic mass is 16.6. The first-order valence-electron chi connectivity index (χ1n) is 3.49. The van der Waals surface area contributed by atoms with Gasteiger partial charge in [-0.3, -0.25) is 0 Å². The van der Waals surface area contributed by atoms with Gasteiger partial charge in [0.05, 0.1) is 7.11 Å². The Hall–Kier alpha value is -1.51. The highest BCUT2D eigenvalue weighted by molar-refractivity contribution is 5.70. The molecule has 3 nitrogen and oxygen atoms in total. The molecule has 0 aliphatic rings. The van der Waals surface area contributed by atoms with Crippen molar-refractivity contribution in [1.29, 1.82) is 0 Å². The molecular weight excluding hydrogens is 156 g/mol. The summed E-state index contributed by atoms with van der Waals surface area (Å²) in [6.07, 6.45) is 0.